The number of aromatic nitrogens is 1. The molecule has 0 fully saturated rings. The topological polar surface area (TPSA) is 24.9 Å². The van der Waals surface area contributed by atoms with Gasteiger partial charge in [0.1, 0.15) is 5.82 Å². The molecule has 0 saturated carbocycles. The van der Waals surface area contributed by atoms with E-state index in [1.165, 1.54) is 31.9 Å². The molecule has 1 heterocycles. The molecule has 18 heavy (non-hydrogen) atoms. The van der Waals surface area contributed by atoms with Gasteiger partial charge in [-0.2, -0.15) is 0 Å². The van der Waals surface area contributed by atoms with E-state index in [1.54, 1.807) is 12.3 Å². The Hall–Kier alpha value is -0.960. The number of hydrogen-bond acceptors (Lipinski definition) is 2. The average molecular weight is 252 g/mol. The van der Waals surface area contributed by atoms with E-state index in [9.17, 15) is 4.39 Å². The van der Waals surface area contributed by atoms with Crippen molar-refractivity contribution in [2.45, 2.75) is 58.4 Å². The molecule has 0 radical (unpaired) electrons. The Morgan fingerprint density at radius 2 is 2.00 bits per heavy atom. The van der Waals surface area contributed by atoms with Gasteiger partial charge in [-0.3, -0.25) is 4.98 Å². The van der Waals surface area contributed by atoms with Crippen molar-refractivity contribution >= 4 is 0 Å². The molecule has 0 amide bonds. The molecule has 1 rings (SSSR count). The molecule has 1 N–H and O–H groups in total. The summed E-state index contributed by atoms with van der Waals surface area (Å²) in [5.41, 5.74) is 0.972. The van der Waals surface area contributed by atoms with Gasteiger partial charge in [0.2, 0.25) is 0 Å². The molecule has 0 aliphatic rings. The van der Waals surface area contributed by atoms with Gasteiger partial charge in [0.15, 0.2) is 0 Å². The third-order valence-electron chi connectivity index (χ3n) is 3.12. The molecular formula is C15H25FN2. The highest BCUT2D eigenvalue weighted by Crippen LogP contribution is 2.20. The lowest BCUT2D eigenvalue weighted by Crippen LogP contribution is -2.22. The molecule has 0 saturated heterocycles. The van der Waals surface area contributed by atoms with E-state index >= 15 is 0 Å². The van der Waals surface area contributed by atoms with Crippen molar-refractivity contribution in [2.75, 3.05) is 6.54 Å². The zero-order chi connectivity index (χ0) is 13.2. The van der Waals surface area contributed by atoms with E-state index in [2.05, 4.69) is 24.1 Å². The van der Waals surface area contributed by atoms with Gasteiger partial charge < -0.3 is 5.32 Å². The Morgan fingerprint density at radius 3 is 2.67 bits per heavy atom. The molecule has 0 spiro atoms. The second kappa shape index (κ2) is 9.03. The van der Waals surface area contributed by atoms with Crippen LogP contribution < -0.4 is 5.32 Å². The van der Waals surface area contributed by atoms with Crippen molar-refractivity contribution < 1.29 is 4.39 Å². The Labute approximate surface area is 110 Å². The monoisotopic (exact) mass is 252 g/mol. The smallest absolute Gasteiger partial charge is 0.141 e. The minimum atomic E-state index is -0.246. The van der Waals surface area contributed by atoms with Crippen LogP contribution in [0.2, 0.25) is 0 Å². The third kappa shape index (κ3) is 5.58. The van der Waals surface area contributed by atoms with Gasteiger partial charge in [0.25, 0.3) is 0 Å². The molecule has 2 nitrogen and oxygen atoms in total. The van der Waals surface area contributed by atoms with Crippen molar-refractivity contribution in [3.8, 4) is 0 Å². The number of nitrogens with zero attached hydrogens (tertiary/aromatic N) is 1. The van der Waals surface area contributed by atoms with Crippen molar-refractivity contribution in [1.82, 2.24) is 10.3 Å². The van der Waals surface area contributed by atoms with Crippen LogP contribution in [0.5, 0.6) is 0 Å². The summed E-state index contributed by atoms with van der Waals surface area (Å²) >= 11 is 0. The van der Waals surface area contributed by atoms with Crippen LogP contribution in [0.4, 0.5) is 4.39 Å². The number of halogens is 1. The zero-order valence-electron chi connectivity index (χ0n) is 11.6. The number of unbranched alkanes of at least 4 members (excludes halogenated alkanes) is 3. The van der Waals surface area contributed by atoms with Crippen LogP contribution in [-0.4, -0.2) is 11.5 Å². The highest BCUT2D eigenvalue weighted by atomic mass is 19.1. The summed E-state index contributed by atoms with van der Waals surface area (Å²) in [4.78, 5) is 3.94. The summed E-state index contributed by atoms with van der Waals surface area (Å²) in [6.07, 6.45) is 10.2. The normalized spacial score (nSPS) is 12.6. The molecule has 0 aromatic carbocycles. The fraction of sp³-hybridized carbons (Fsp3) is 0.667. The highest BCUT2D eigenvalue weighted by molar-refractivity contribution is 5.15. The minimum absolute atomic E-state index is 0.241. The summed E-state index contributed by atoms with van der Waals surface area (Å²) in [6.45, 7) is 5.32. The van der Waals surface area contributed by atoms with E-state index in [4.69, 9.17) is 0 Å². The maximum atomic E-state index is 13.2. The van der Waals surface area contributed by atoms with Crippen molar-refractivity contribution in [3.05, 3.63) is 29.8 Å². The maximum Gasteiger partial charge on any atom is 0.141 e. The van der Waals surface area contributed by atoms with Crippen molar-refractivity contribution in [1.29, 1.82) is 0 Å². The summed E-state index contributed by atoms with van der Waals surface area (Å²) in [6, 6.07) is 1.84. The predicted molar refractivity (Wildman–Crippen MR) is 74.0 cm³/mol. The Balaban J connectivity index is 2.54. The summed E-state index contributed by atoms with van der Waals surface area (Å²) in [7, 11) is 0. The van der Waals surface area contributed by atoms with E-state index in [0.717, 1.165) is 24.9 Å². The third-order valence-corrected chi connectivity index (χ3v) is 3.12. The number of hydrogen-bond donors (Lipinski definition) is 1. The molecule has 102 valence electrons. The second-order valence-corrected chi connectivity index (χ2v) is 4.79. The molecule has 0 aliphatic carbocycles. The lowest BCUT2D eigenvalue weighted by molar-refractivity contribution is 0.466. The molecule has 3 heteroatoms. The van der Waals surface area contributed by atoms with Gasteiger partial charge in [-0.1, -0.05) is 39.5 Å². The van der Waals surface area contributed by atoms with Crippen molar-refractivity contribution in [2.24, 2.45) is 0 Å². The van der Waals surface area contributed by atoms with Gasteiger partial charge in [-0.05, 0) is 31.0 Å². The number of pyridine rings is 1. The molecule has 0 aliphatic heterocycles. The highest BCUT2D eigenvalue weighted by Gasteiger charge is 2.11. The van der Waals surface area contributed by atoms with E-state index in [-0.39, 0.29) is 11.9 Å². The standard InChI is InChI=1S/C15H25FN2/c1-3-5-6-7-8-15(18-9-4-2)13-10-14(16)12-17-11-13/h10-12,15,18H,3-9H2,1-2H3. The minimum Gasteiger partial charge on any atom is -0.310 e. The number of rotatable bonds is 9. The molecule has 1 aromatic heterocycles. The lowest BCUT2D eigenvalue weighted by Gasteiger charge is -2.18. The first-order valence-electron chi connectivity index (χ1n) is 7.11. The Bertz CT molecular complexity index is 328. The second-order valence-electron chi connectivity index (χ2n) is 4.79. The Morgan fingerprint density at radius 1 is 1.17 bits per heavy atom. The van der Waals surface area contributed by atoms with Gasteiger partial charge in [-0.25, -0.2) is 4.39 Å². The van der Waals surface area contributed by atoms with Crippen molar-refractivity contribution in [3.63, 3.8) is 0 Å². The van der Waals surface area contributed by atoms with Crippen LogP contribution in [0.25, 0.3) is 0 Å². The molecule has 0 bridgehead atoms. The fourth-order valence-electron chi connectivity index (χ4n) is 2.10. The Kier molecular flexibility index (Phi) is 7.58. The van der Waals surface area contributed by atoms with Crippen LogP contribution in [0, 0.1) is 5.82 Å². The van der Waals surface area contributed by atoms with Gasteiger partial charge >= 0.3 is 0 Å². The zero-order valence-corrected chi connectivity index (χ0v) is 11.6. The predicted octanol–water partition coefficient (Wildman–Crippen LogP) is 4.23. The summed E-state index contributed by atoms with van der Waals surface area (Å²) in [5.74, 6) is -0.246. The first kappa shape index (κ1) is 15.1. The summed E-state index contributed by atoms with van der Waals surface area (Å²) < 4.78 is 13.2. The van der Waals surface area contributed by atoms with Gasteiger partial charge in [-0.15, -0.1) is 0 Å². The lowest BCUT2D eigenvalue weighted by atomic mass is 10.0. The number of nitrogens with one attached hydrogen (secondary N) is 1. The van der Waals surface area contributed by atoms with Gasteiger partial charge in [0, 0.05) is 12.2 Å². The molecule has 1 unspecified atom stereocenters. The SMILES string of the molecule is CCCCCCC(NCCC)c1cncc(F)c1. The maximum absolute atomic E-state index is 13.2. The fourth-order valence-corrected chi connectivity index (χ4v) is 2.10. The molecular weight excluding hydrogens is 227 g/mol. The van der Waals surface area contributed by atoms with Crippen LogP contribution in [0.1, 0.15) is 64.0 Å². The first-order chi connectivity index (χ1) is 8.77. The van der Waals surface area contributed by atoms with Crippen LogP contribution >= 0.6 is 0 Å². The van der Waals surface area contributed by atoms with E-state index in [1.807, 2.05) is 0 Å². The van der Waals surface area contributed by atoms with Crippen LogP contribution in [0.15, 0.2) is 18.5 Å². The van der Waals surface area contributed by atoms with E-state index in [0.29, 0.717) is 0 Å². The molecule has 1 atom stereocenters. The van der Waals surface area contributed by atoms with Crippen LogP contribution in [-0.2, 0) is 0 Å². The van der Waals surface area contributed by atoms with E-state index < -0.39 is 0 Å². The first-order valence-corrected chi connectivity index (χ1v) is 7.11. The largest absolute Gasteiger partial charge is 0.310 e. The average Bonchev–Trinajstić information content (AvgIpc) is 2.38. The quantitative estimate of drug-likeness (QED) is 0.665. The van der Waals surface area contributed by atoms with Crippen LogP contribution in [0.3, 0.4) is 0 Å². The molecule has 1 aromatic rings. The summed E-state index contributed by atoms with van der Waals surface area (Å²) in [5, 5.41) is 3.48. The van der Waals surface area contributed by atoms with Gasteiger partial charge in [0.05, 0.1) is 6.20 Å².